The maximum absolute atomic E-state index is 12.3. The number of hydrogen-bond donors (Lipinski definition) is 1. The van der Waals surface area contributed by atoms with Gasteiger partial charge in [-0.05, 0) is 6.07 Å². The second-order valence-corrected chi connectivity index (χ2v) is 4.39. The summed E-state index contributed by atoms with van der Waals surface area (Å²) in [7, 11) is 3.69. The van der Waals surface area contributed by atoms with Crippen molar-refractivity contribution in [2.24, 2.45) is 14.1 Å². The number of benzene rings is 1. The van der Waals surface area contributed by atoms with Crippen molar-refractivity contribution in [1.29, 1.82) is 0 Å². The van der Waals surface area contributed by atoms with Gasteiger partial charge in [0.1, 0.15) is 6.33 Å². The molecule has 0 bridgehead atoms. The van der Waals surface area contributed by atoms with E-state index in [9.17, 15) is 4.79 Å². The van der Waals surface area contributed by atoms with Crippen molar-refractivity contribution < 1.29 is 4.79 Å². The van der Waals surface area contributed by atoms with Crippen LogP contribution in [0.15, 0.2) is 36.8 Å². The molecule has 0 unspecified atom stereocenters. The van der Waals surface area contributed by atoms with E-state index in [1.165, 1.54) is 0 Å². The number of fused-ring (bicyclic) bond motifs is 1. The first-order chi connectivity index (χ1) is 9.16. The monoisotopic (exact) mass is 255 g/mol. The molecule has 1 amide bonds. The number of hydrogen-bond acceptors (Lipinski definition) is 3. The molecule has 1 aromatic carbocycles. The quantitative estimate of drug-likeness (QED) is 0.755. The molecule has 19 heavy (non-hydrogen) atoms. The Morgan fingerprint density at radius 1 is 1.21 bits per heavy atom. The predicted molar refractivity (Wildman–Crippen MR) is 71.9 cm³/mol. The molecule has 0 radical (unpaired) electrons. The summed E-state index contributed by atoms with van der Waals surface area (Å²) in [6.07, 6.45) is 3.36. The van der Waals surface area contributed by atoms with Crippen molar-refractivity contribution in [2.45, 2.75) is 0 Å². The van der Waals surface area contributed by atoms with Gasteiger partial charge in [0.15, 0.2) is 0 Å². The maximum Gasteiger partial charge on any atom is 0.260 e. The van der Waals surface area contributed by atoms with Crippen LogP contribution in [0.1, 0.15) is 10.4 Å². The lowest BCUT2D eigenvalue weighted by molar-refractivity contribution is 0.102. The number of anilines is 1. The Labute approximate surface area is 109 Å². The molecule has 3 aromatic rings. The largest absolute Gasteiger partial charge is 0.350 e. The number of carbonyl (C=O) groups excluding carboxylic acids is 1. The molecular formula is C13H13N5O. The molecule has 6 heteroatoms. The third-order valence-electron chi connectivity index (χ3n) is 3.08. The van der Waals surface area contributed by atoms with Crippen molar-refractivity contribution >= 4 is 22.8 Å². The first-order valence-corrected chi connectivity index (χ1v) is 5.86. The van der Waals surface area contributed by atoms with Crippen molar-refractivity contribution in [1.82, 2.24) is 19.3 Å². The van der Waals surface area contributed by atoms with Crippen molar-refractivity contribution in [2.75, 3.05) is 5.32 Å². The summed E-state index contributed by atoms with van der Waals surface area (Å²) in [4.78, 5) is 12.3. The summed E-state index contributed by atoms with van der Waals surface area (Å²) < 4.78 is 3.59. The van der Waals surface area contributed by atoms with E-state index in [4.69, 9.17) is 0 Å². The number of aryl methyl sites for hydroxylation is 2. The van der Waals surface area contributed by atoms with E-state index in [-0.39, 0.29) is 5.91 Å². The lowest BCUT2D eigenvalue weighted by Crippen LogP contribution is -2.14. The molecule has 0 fully saturated rings. The van der Waals surface area contributed by atoms with Gasteiger partial charge in [0.25, 0.3) is 5.91 Å². The van der Waals surface area contributed by atoms with Crippen LogP contribution in [0.3, 0.4) is 0 Å². The zero-order valence-electron chi connectivity index (χ0n) is 10.7. The van der Waals surface area contributed by atoms with Gasteiger partial charge in [-0.1, -0.05) is 18.2 Å². The highest BCUT2D eigenvalue weighted by atomic mass is 16.1. The molecule has 0 aliphatic heterocycles. The Morgan fingerprint density at radius 3 is 2.74 bits per heavy atom. The molecule has 2 heterocycles. The molecule has 96 valence electrons. The van der Waals surface area contributed by atoms with Crippen molar-refractivity contribution in [3.63, 3.8) is 0 Å². The number of nitrogens with one attached hydrogen (secondary N) is 1. The van der Waals surface area contributed by atoms with Gasteiger partial charge < -0.3 is 9.13 Å². The van der Waals surface area contributed by atoms with Crippen LogP contribution in [-0.2, 0) is 14.1 Å². The molecule has 1 N–H and O–H groups in total. The Kier molecular flexibility index (Phi) is 2.56. The second kappa shape index (κ2) is 4.24. The van der Waals surface area contributed by atoms with E-state index in [2.05, 4.69) is 15.5 Å². The summed E-state index contributed by atoms with van der Waals surface area (Å²) in [6, 6.07) is 7.78. The molecule has 0 atom stereocenters. The Morgan fingerprint density at radius 2 is 2.00 bits per heavy atom. The number of rotatable bonds is 2. The summed E-state index contributed by atoms with van der Waals surface area (Å²) in [5.41, 5.74) is 1.65. The lowest BCUT2D eigenvalue weighted by Gasteiger charge is -2.02. The predicted octanol–water partition coefficient (Wildman–Crippen LogP) is 1.56. The van der Waals surface area contributed by atoms with Gasteiger partial charge in [-0.3, -0.25) is 10.1 Å². The van der Waals surface area contributed by atoms with E-state index in [1.54, 1.807) is 17.9 Å². The minimum atomic E-state index is -0.187. The van der Waals surface area contributed by atoms with Crippen molar-refractivity contribution in [3.05, 3.63) is 42.4 Å². The van der Waals surface area contributed by atoms with Crippen LogP contribution >= 0.6 is 0 Å². The summed E-state index contributed by atoms with van der Waals surface area (Å²) in [6.45, 7) is 0. The van der Waals surface area contributed by atoms with E-state index < -0.39 is 0 Å². The Bertz CT molecular complexity index is 755. The molecule has 0 aliphatic rings. The minimum absolute atomic E-state index is 0.187. The van der Waals surface area contributed by atoms with E-state index in [0.717, 1.165) is 10.9 Å². The minimum Gasteiger partial charge on any atom is -0.350 e. The van der Waals surface area contributed by atoms with Gasteiger partial charge >= 0.3 is 0 Å². The van der Waals surface area contributed by atoms with E-state index >= 15 is 0 Å². The smallest absolute Gasteiger partial charge is 0.260 e. The normalized spacial score (nSPS) is 10.8. The van der Waals surface area contributed by atoms with Crippen LogP contribution < -0.4 is 5.32 Å². The lowest BCUT2D eigenvalue weighted by atomic mass is 10.1. The summed E-state index contributed by atoms with van der Waals surface area (Å²) in [5, 5.41) is 11.2. The SMILES string of the molecule is Cn1cnnc1NC(=O)c1cn(C)c2ccccc12. The highest BCUT2D eigenvalue weighted by Gasteiger charge is 2.15. The van der Waals surface area contributed by atoms with Crippen LogP contribution in [-0.4, -0.2) is 25.2 Å². The van der Waals surface area contributed by atoms with E-state index in [1.807, 2.05) is 42.1 Å². The van der Waals surface area contributed by atoms with Gasteiger partial charge in [-0.25, -0.2) is 0 Å². The Hall–Kier alpha value is -2.63. The molecule has 3 rings (SSSR count). The fourth-order valence-electron chi connectivity index (χ4n) is 2.09. The zero-order valence-corrected chi connectivity index (χ0v) is 10.7. The highest BCUT2D eigenvalue weighted by Crippen LogP contribution is 2.20. The number of carbonyl (C=O) groups is 1. The van der Waals surface area contributed by atoms with Gasteiger partial charge in [0, 0.05) is 31.2 Å². The molecule has 0 saturated heterocycles. The van der Waals surface area contributed by atoms with E-state index in [0.29, 0.717) is 11.5 Å². The molecule has 0 aliphatic carbocycles. The number of aromatic nitrogens is 4. The zero-order chi connectivity index (χ0) is 13.4. The third-order valence-corrected chi connectivity index (χ3v) is 3.08. The van der Waals surface area contributed by atoms with Crippen LogP contribution in [0, 0.1) is 0 Å². The number of nitrogens with zero attached hydrogens (tertiary/aromatic N) is 4. The topological polar surface area (TPSA) is 64.7 Å². The number of amides is 1. The maximum atomic E-state index is 12.3. The van der Waals surface area contributed by atoms with Gasteiger partial charge in [0.2, 0.25) is 5.95 Å². The Balaban J connectivity index is 2.01. The van der Waals surface area contributed by atoms with Crippen LogP contribution in [0.25, 0.3) is 10.9 Å². The second-order valence-electron chi connectivity index (χ2n) is 4.39. The highest BCUT2D eigenvalue weighted by molar-refractivity contribution is 6.12. The molecule has 2 aromatic heterocycles. The van der Waals surface area contributed by atoms with Gasteiger partial charge in [0.05, 0.1) is 5.56 Å². The number of para-hydroxylation sites is 1. The first-order valence-electron chi connectivity index (χ1n) is 5.86. The summed E-state index contributed by atoms with van der Waals surface area (Å²) >= 11 is 0. The van der Waals surface area contributed by atoms with Crippen molar-refractivity contribution in [3.8, 4) is 0 Å². The van der Waals surface area contributed by atoms with Crippen LogP contribution in [0.4, 0.5) is 5.95 Å². The van der Waals surface area contributed by atoms with Crippen LogP contribution in [0.5, 0.6) is 0 Å². The molecular weight excluding hydrogens is 242 g/mol. The average Bonchev–Trinajstić information content (AvgIpc) is 2.95. The van der Waals surface area contributed by atoms with Crippen LogP contribution in [0.2, 0.25) is 0 Å². The third kappa shape index (κ3) is 1.87. The average molecular weight is 255 g/mol. The molecule has 6 nitrogen and oxygen atoms in total. The first kappa shape index (κ1) is 11.5. The van der Waals surface area contributed by atoms with Gasteiger partial charge in [-0.2, -0.15) is 0 Å². The standard InChI is InChI=1S/C13H13N5O/c1-17-7-10(9-5-3-4-6-11(9)17)12(19)15-13-16-14-8-18(13)2/h3-8H,1-2H3,(H,15,16,19). The fourth-order valence-corrected chi connectivity index (χ4v) is 2.09. The molecule has 0 spiro atoms. The molecule has 0 saturated carbocycles. The van der Waals surface area contributed by atoms with Gasteiger partial charge in [-0.15, -0.1) is 10.2 Å². The fraction of sp³-hybridized carbons (Fsp3) is 0.154. The summed E-state index contributed by atoms with van der Waals surface area (Å²) in [5.74, 6) is 0.242.